The van der Waals surface area contributed by atoms with Crippen LogP contribution in [0.4, 0.5) is 0 Å². The third-order valence-corrected chi connectivity index (χ3v) is 2.62. The summed E-state index contributed by atoms with van der Waals surface area (Å²) < 4.78 is 16.3. The van der Waals surface area contributed by atoms with Crippen LogP contribution in [-0.2, 0) is 0 Å². The summed E-state index contributed by atoms with van der Waals surface area (Å²) in [6, 6.07) is 5.56. The second kappa shape index (κ2) is 4.02. The van der Waals surface area contributed by atoms with E-state index in [1.807, 2.05) is 18.2 Å². The Hall–Kier alpha value is -2.57. The van der Waals surface area contributed by atoms with Crippen LogP contribution >= 0.6 is 0 Å². The van der Waals surface area contributed by atoms with Crippen LogP contribution in [0.2, 0.25) is 0 Å². The Bertz CT molecular complexity index is 675. The summed E-state index contributed by atoms with van der Waals surface area (Å²) in [5, 5.41) is 14.3. The fourth-order valence-electron chi connectivity index (χ4n) is 1.85. The Morgan fingerprint density at radius 3 is 2.78 bits per heavy atom. The van der Waals surface area contributed by atoms with E-state index in [1.165, 1.54) is 0 Å². The number of para-hydroxylation sites is 1. The molecule has 1 aromatic carbocycles. The standard InChI is InChI=1S/C11H10N4O3/c1-16-7-5-3-4-6-8(7)18-10(9(6)17-2)11-12-14-15-13-11/h3-5H,1-2H3,(H,12,13,14,15). The molecular weight excluding hydrogens is 236 g/mol. The van der Waals surface area contributed by atoms with Crippen molar-refractivity contribution in [2.45, 2.75) is 0 Å². The van der Waals surface area contributed by atoms with Crippen molar-refractivity contribution >= 4 is 11.0 Å². The van der Waals surface area contributed by atoms with E-state index < -0.39 is 0 Å². The fraction of sp³-hybridized carbons (Fsp3) is 0.182. The summed E-state index contributed by atoms with van der Waals surface area (Å²) in [4.78, 5) is 0. The van der Waals surface area contributed by atoms with Gasteiger partial charge in [0.05, 0.1) is 19.6 Å². The molecule has 0 aliphatic carbocycles. The van der Waals surface area contributed by atoms with E-state index in [0.29, 0.717) is 28.7 Å². The molecule has 0 spiro atoms. The van der Waals surface area contributed by atoms with Crippen molar-refractivity contribution in [1.29, 1.82) is 0 Å². The van der Waals surface area contributed by atoms with Crippen LogP contribution in [0.15, 0.2) is 22.6 Å². The number of hydrogen-bond donors (Lipinski definition) is 1. The number of aromatic nitrogens is 4. The molecule has 0 fully saturated rings. The zero-order valence-corrected chi connectivity index (χ0v) is 9.80. The normalized spacial score (nSPS) is 10.8. The van der Waals surface area contributed by atoms with Crippen LogP contribution in [0.25, 0.3) is 22.6 Å². The zero-order valence-electron chi connectivity index (χ0n) is 9.80. The number of aromatic amines is 1. The topological polar surface area (TPSA) is 86.1 Å². The second-order valence-electron chi connectivity index (χ2n) is 3.55. The lowest BCUT2D eigenvalue weighted by atomic mass is 10.2. The fourth-order valence-corrected chi connectivity index (χ4v) is 1.85. The van der Waals surface area contributed by atoms with Crippen LogP contribution in [-0.4, -0.2) is 34.8 Å². The maximum atomic E-state index is 5.73. The molecule has 3 rings (SSSR count). The van der Waals surface area contributed by atoms with Gasteiger partial charge in [-0.2, -0.15) is 0 Å². The molecule has 92 valence electrons. The van der Waals surface area contributed by atoms with Gasteiger partial charge in [-0.1, -0.05) is 6.07 Å². The number of benzene rings is 1. The number of nitrogens with one attached hydrogen (secondary N) is 1. The number of furan rings is 1. The third kappa shape index (κ3) is 1.41. The molecule has 0 unspecified atom stereocenters. The van der Waals surface area contributed by atoms with E-state index in [0.717, 1.165) is 5.39 Å². The Morgan fingerprint density at radius 2 is 2.11 bits per heavy atom. The molecule has 0 amide bonds. The average Bonchev–Trinajstić information content (AvgIpc) is 3.04. The smallest absolute Gasteiger partial charge is 0.219 e. The van der Waals surface area contributed by atoms with Gasteiger partial charge in [0.25, 0.3) is 0 Å². The molecule has 0 bridgehead atoms. The molecule has 2 aromatic heterocycles. The van der Waals surface area contributed by atoms with Crippen molar-refractivity contribution in [3.63, 3.8) is 0 Å². The number of H-pyrrole nitrogens is 1. The van der Waals surface area contributed by atoms with Crippen LogP contribution in [0.3, 0.4) is 0 Å². The molecular formula is C11H10N4O3. The summed E-state index contributed by atoms with van der Waals surface area (Å²) in [5.41, 5.74) is 0.600. The van der Waals surface area contributed by atoms with Gasteiger partial charge in [0.2, 0.25) is 11.6 Å². The molecule has 0 saturated heterocycles. The van der Waals surface area contributed by atoms with Gasteiger partial charge in [0.15, 0.2) is 17.1 Å². The maximum absolute atomic E-state index is 5.73. The first-order valence-electron chi connectivity index (χ1n) is 5.22. The van der Waals surface area contributed by atoms with Crippen molar-refractivity contribution in [1.82, 2.24) is 20.6 Å². The monoisotopic (exact) mass is 246 g/mol. The third-order valence-electron chi connectivity index (χ3n) is 2.62. The van der Waals surface area contributed by atoms with E-state index in [2.05, 4.69) is 20.6 Å². The van der Waals surface area contributed by atoms with E-state index in [-0.39, 0.29) is 0 Å². The van der Waals surface area contributed by atoms with Crippen molar-refractivity contribution in [2.24, 2.45) is 0 Å². The number of ether oxygens (including phenoxy) is 2. The van der Waals surface area contributed by atoms with Gasteiger partial charge in [-0.25, -0.2) is 5.10 Å². The van der Waals surface area contributed by atoms with Gasteiger partial charge in [0, 0.05) is 0 Å². The zero-order chi connectivity index (χ0) is 12.5. The molecule has 18 heavy (non-hydrogen) atoms. The first-order chi connectivity index (χ1) is 8.85. The molecule has 7 heteroatoms. The number of nitrogens with zero attached hydrogens (tertiary/aromatic N) is 3. The molecule has 0 atom stereocenters. The highest BCUT2D eigenvalue weighted by molar-refractivity contribution is 5.93. The lowest BCUT2D eigenvalue weighted by Crippen LogP contribution is -1.86. The lowest BCUT2D eigenvalue weighted by Gasteiger charge is -1.99. The van der Waals surface area contributed by atoms with E-state index >= 15 is 0 Å². The van der Waals surface area contributed by atoms with Gasteiger partial charge in [-0.3, -0.25) is 0 Å². The van der Waals surface area contributed by atoms with Gasteiger partial charge >= 0.3 is 0 Å². The maximum Gasteiger partial charge on any atom is 0.219 e. The second-order valence-corrected chi connectivity index (χ2v) is 3.55. The molecule has 1 N–H and O–H groups in total. The van der Waals surface area contributed by atoms with E-state index in [1.54, 1.807) is 14.2 Å². The summed E-state index contributed by atoms with van der Waals surface area (Å²) in [5.74, 6) is 2.05. The highest BCUT2D eigenvalue weighted by Crippen LogP contribution is 2.41. The van der Waals surface area contributed by atoms with Gasteiger partial charge < -0.3 is 13.9 Å². The summed E-state index contributed by atoms with van der Waals surface area (Å²) in [6.07, 6.45) is 0. The molecule has 7 nitrogen and oxygen atoms in total. The highest BCUT2D eigenvalue weighted by Gasteiger charge is 2.21. The first-order valence-corrected chi connectivity index (χ1v) is 5.22. The molecule has 2 heterocycles. The Balaban J connectivity index is 2.33. The minimum Gasteiger partial charge on any atom is -0.493 e. The van der Waals surface area contributed by atoms with Crippen LogP contribution in [0.5, 0.6) is 11.5 Å². The molecule has 3 aromatic rings. The minimum absolute atomic E-state index is 0.408. The molecule has 0 aliphatic rings. The first kappa shape index (κ1) is 10.6. The van der Waals surface area contributed by atoms with Gasteiger partial charge in [-0.05, 0) is 22.6 Å². The quantitative estimate of drug-likeness (QED) is 0.755. The Labute approximate surface area is 102 Å². The lowest BCUT2D eigenvalue weighted by molar-refractivity contribution is 0.406. The largest absolute Gasteiger partial charge is 0.493 e. The van der Waals surface area contributed by atoms with Crippen molar-refractivity contribution in [3.05, 3.63) is 18.2 Å². The minimum atomic E-state index is 0.408. The predicted octanol–water partition coefficient (Wildman–Crippen LogP) is 1.63. The number of tetrazole rings is 1. The summed E-state index contributed by atoms with van der Waals surface area (Å²) in [6.45, 7) is 0. The number of methoxy groups -OCH3 is 2. The predicted molar refractivity (Wildman–Crippen MR) is 62.5 cm³/mol. The molecule has 0 saturated carbocycles. The van der Waals surface area contributed by atoms with Crippen LogP contribution in [0.1, 0.15) is 0 Å². The number of fused-ring (bicyclic) bond motifs is 1. The van der Waals surface area contributed by atoms with Gasteiger partial charge in [-0.15, -0.1) is 5.10 Å². The van der Waals surface area contributed by atoms with Crippen molar-refractivity contribution in [3.8, 4) is 23.1 Å². The van der Waals surface area contributed by atoms with Crippen LogP contribution in [0, 0.1) is 0 Å². The van der Waals surface area contributed by atoms with Crippen molar-refractivity contribution < 1.29 is 13.9 Å². The average molecular weight is 246 g/mol. The Kier molecular flexibility index (Phi) is 2.36. The molecule has 0 aliphatic heterocycles. The summed E-state index contributed by atoms with van der Waals surface area (Å²) >= 11 is 0. The number of rotatable bonds is 3. The van der Waals surface area contributed by atoms with Crippen molar-refractivity contribution in [2.75, 3.05) is 14.2 Å². The number of hydrogen-bond acceptors (Lipinski definition) is 6. The van der Waals surface area contributed by atoms with Crippen LogP contribution < -0.4 is 9.47 Å². The Morgan fingerprint density at radius 1 is 1.22 bits per heavy atom. The van der Waals surface area contributed by atoms with Gasteiger partial charge in [0.1, 0.15) is 0 Å². The SMILES string of the molecule is COc1c(-c2nnn[nH]2)oc2c(OC)cccc12. The van der Waals surface area contributed by atoms with E-state index in [9.17, 15) is 0 Å². The highest BCUT2D eigenvalue weighted by atomic mass is 16.5. The van der Waals surface area contributed by atoms with E-state index in [4.69, 9.17) is 13.9 Å². The summed E-state index contributed by atoms with van der Waals surface area (Å²) in [7, 11) is 3.15. The molecule has 0 radical (unpaired) electrons.